The predicted molar refractivity (Wildman–Crippen MR) is 69.0 cm³/mol. The van der Waals surface area contributed by atoms with Crippen LogP contribution in [0.25, 0.3) is 0 Å². The van der Waals surface area contributed by atoms with Crippen molar-refractivity contribution in [2.75, 3.05) is 26.3 Å². The number of hydrogen-bond donors (Lipinski definition) is 0. The van der Waals surface area contributed by atoms with Crippen molar-refractivity contribution in [2.24, 2.45) is 5.92 Å². The van der Waals surface area contributed by atoms with Crippen LogP contribution in [0.15, 0.2) is 28.7 Å². The van der Waals surface area contributed by atoms with E-state index in [1.54, 1.807) is 0 Å². The van der Waals surface area contributed by atoms with Crippen LogP contribution in [0, 0.1) is 5.92 Å². The molecule has 0 spiro atoms. The Kier molecular flexibility index (Phi) is 4.29. The summed E-state index contributed by atoms with van der Waals surface area (Å²) in [6, 6.07) is 7.45. The van der Waals surface area contributed by atoms with Gasteiger partial charge in [-0.3, -0.25) is 9.18 Å². The van der Waals surface area contributed by atoms with Gasteiger partial charge in [0.05, 0.1) is 6.67 Å². The van der Waals surface area contributed by atoms with Gasteiger partial charge >= 0.3 is 0 Å². The van der Waals surface area contributed by atoms with E-state index < -0.39 is 0 Å². The predicted octanol–water partition coefficient (Wildman–Crippen LogP) is 2.92. The molecule has 0 aliphatic carbocycles. The van der Waals surface area contributed by atoms with E-state index >= 15 is 0 Å². The molecule has 92 valence electrons. The van der Waals surface area contributed by atoms with E-state index in [9.17, 15) is 9.18 Å². The average molecular weight is 300 g/mol. The Morgan fingerprint density at radius 1 is 1.35 bits per heavy atom. The summed E-state index contributed by atoms with van der Waals surface area (Å²) >= 11 is 3.35. The number of likely N-dealkylation sites (tertiary alicyclic amines) is 1. The van der Waals surface area contributed by atoms with Crippen molar-refractivity contribution in [2.45, 2.75) is 6.42 Å². The van der Waals surface area contributed by atoms with Crippen molar-refractivity contribution < 1.29 is 9.18 Å². The first-order valence-electron chi connectivity index (χ1n) is 5.79. The summed E-state index contributed by atoms with van der Waals surface area (Å²) in [5.74, 6) is 0.296. The highest BCUT2D eigenvalue weighted by Gasteiger charge is 2.32. The summed E-state index contributed by atoms with van der Waals surface area (Å²) in [7, 11) is 0. The quantitative estimate of drug-likeness (QED) is 0.779. The fourth-order valence-corrected chi connectivity index (χ4v) is 2.32. The smallest absolute Gasteiger partial charge is 0.168 e. The van der Waals surface area contributed by atoms with Gasteiger partial charge in [-0.05, 0) is 18.6 Å². The van der Waals surface area contributed by atoms with Gasteiger partial charge in [-0.15, -0.1) is 0 Å². The zero-order valence-corrected chi connectivity index (χ0v) is 11.1. The molecule has 1 saturated heterocycles. The molecule has 1 aliphatic heterocycles. The molecule has 1 heterocycles. The maximum absolute atomic E-state index is 12.0. The number of nitrogens with zero attached hydrogens (tertiary/aromatic N) is 1. The van der Waals surface area contributed by atoms with Crippen molar-refractivity contribution in [3.8, 4) is 0 Å². The maximum Gasteiger partial charge on any atom is 0.168 e. The van der Waals surface area contributed by atoms with E-state index in [4.69, 9.17) is 0 Å². The van der Waals surface area contributed by atoms with Crippen LogP contribution in [0.4, 0.5) is 4.39 Å². The first-order chi connectivity index (χ1) is 8.20. The molecule has 2 nitrogen and oxygen atoms in total. The molecule has 0 N–H and O–H groups in total. The molecule has 4 heteroatoms. The lowest BCUT2D eigenvalue weighted by Gasteiger charge is -2.38. The summed E-state index contributed by atoms with van der Waals surface area (Å²) in [5, 5.41) is 0. The summed E-state index contributed by atoms with van der Waals surface area (Å²) in [6.07, 6.45) is 0.569. The largest absolute Gasteiger partial charge is 0.302 e. The van der Waals surface area contributed by atoms with Gasteiger partial charge in [-0.2, -0.15) is 0 Å². The molecule has 0 radical (unpaired) electrons. The molecule has 0 aromatic heterocycles. The van der Waals surface area contributed by atoms with Crippen molar-refractivity contribution >= 4 is 21.7 Å². The third-order valence-corrected chi connectivity index (χ3v) is 3.59. The lowest BCUT2D eigenvalue weighted by molar-refractivity contribution is 0.0613. The van der Waals surface area contributed by atoms with Crippen LogP contribution in [-0.2, 0) is 0 Å². The molecular weight excluding hydrogens is 285 g/mol. The summed E-state index contributed by atoms with van der Waals surface area (Å²) in [4.78, 5) is 14.2. The normalized spacial score (nSPS) is 16.8. The summed E-state index contributed by atoms with van der Waals surface area (Å²) in [5.41, 5.74) is 0.767. The molecule has 0 saturated carbocycles. The SMILES string of the molecule is O=C(c1ccc(Br)cc1)C1CN(CCCF)C1. The van der Waals surface area contributed by atoms with Gasteiger partial charge in [-0.25, -0.2) is 0 Å². The van der Waals surface area contributed by atoms with Gasteiger partial charge in [0.15, 0.2) is 5.78 Å². The van der Waals surface area contributed by atoms with Gasteiger partial charge in [0, 0.05) is 35.6 Å². The molecular formula is C13H15BrFNO. The third kappa shape index (κ3) is 3.13. The fraction of sp³-hybridized carbons (Fsp3) is 0.462. The number of benzene rings is 1. The minimum atomic E-state index is -0.276. The first-order valence-corrected chi connectivity index (χ1v) is 6.58. The van der Waals surface area contributed by atoms with Crippen LogP contribution in [0.1, 0.15) is 16.8 Å². The fourth-order valence-electron chi connectivity index (χ4n) is 2.05. The molecule has 1 fully saturated rings. The highest BCUT2D eigenvalue weighted by atomic mass is 79.9. The van der Waals surface area contributed by atoms with Gasteiger partial charge < -0.3 is 4.90 Å². The second kappa shape index (κ2) is 5.74. The van der Waals surface area contributed by atoms with Crippen LogP contribution in [0.3, 0.4) is 0 Å². The number of carbonyl (C=O) groups is 1. The Bertz CT molecular complexity index is 387. The highest BCUT2D eigenvalue weighted by molar-refractivity contribution is 9.10. The van der Waals surface area contributed by atoms with E-state index in [-0.39, 0.29) is 18.4 Å². The summed E-state index contributed by atoms with van der Waals surface area (Å²) < 4.78 is 13.0. The summed E-state index contributed by atoms with van der Waals surface area (Å²) in [6.45, 7) is 2.03. The molecule has 1 aromatic rings. The Balaban J connectivity index is 1.85. The molecule has 0 unspecified atom stereocenters. The van der Waals surface area contributed by atoms with Crippen molar-refractivity contribution in [3.63, 3.8) is 0 Å². The van der Waals surface area contributed by atoms with E-state index in [1.807, 2.05) is 24.3 Å². The highest BCUT2D eigenvalue weighted by Crippen LogP contribution is 2.21. The number of halogens is 2. The number of carbonyl (C=O) groups excluding carboxylic acids is 1. The Labute approximate surface area is 109 Å². The second-order valence-electron chi connectivity index (χ2n) is 4.37. The van der Waals surface area contributed by atoms with Gasteiger partial charge in [0.1, 0.15) is 0 Å². The molecule has 1 aliphatic rings. The minimum Gasteiger partial charge on any atom is -0.302 e. The van der Waals surface area contributed by atoms with E-state index in [0.29, 0.717) is 6.42 Å². The Hall–Kier alpha value is -0.740. The first kappa shape index (κ1) is 12.7. The molecule has 1 aromatic carbocycles. The zero-order valence-electron chi connectivity index (χ0n) is 9.53. The number of rotatable bonds is 5. The van der Waals surface area contributed by atoms with Crippen molar-refractivity contribution in [3.05, 3.63) is 34.3 Å². The number of hydrogen-bond acceptors (Lipinski definition) is 2. The lowest BCUT2D eigenvalue weighted by Crippen LogP contribution is -2.50. The Morgan fingerprint density at radius 2 is 2.00 bits per heavy atom. The molecule has 17 heavy (non-hydrogen) atoms. The van der Waals surface area contributed by atoms with Gasteiger partial charge in [0.2, 0.25) is 0 Å². The maximum atomic E-state index is 12.0. The number of Topliss-reactive ketones (excluding diaryl/α,β-unsaturated/α-hetero) is 1. The van der Waals surface area contributed by atoms with Crippen LogP contribution in [0.5, 0.6) is 0 Å². The van der Waals surface area contributed by atoms with E-state index in [0.717, 1.165) is 29.7 Å². The molecule has 0 amide bonds. The van der Waals surface area contributed by atoms with Gasteiger partial charge in [-0.1, -0.05) is 28.1 Å². The van der Waals surface area contributed by atoms with Crippen LogP contribution in [0.2, 0.25) is 0 Å². The van der Waals surface area contributed by atoms with E-state index in [1.165, 1.54) is 0 Å². The van der Waals surface area contributed by atoms with Crippen LogP contribution < -0.4 is 0 Å². The van der Waals surface area contributed by atoms with E-state index in [2.05, 4.69) is 20.8 Å². The van der Waals surface area contributed by atoms with Gasteiger partial charge in [0.25, 0.3) is 0 Å². The minimum absolute atomic E-state index is 0.0933. The molecule has 0 atom stereocenters. The van der Waals surface area contributed by atoms with Crippen LogP contribution in [-0.4, -0.2) is 37.0 Å². The number of ketones is 1. The second-order valence-corrected chi connectivity index (χ2v) is 5.29. The monoisotopic (exact) mass is 299 g/mol. The zero-order chi connectivity index (χ0) is 12.3. The molecule has 0 bridgehead atoms. The van der Waals surface area contributed by atoms with Crippen molar-refractivity contribution in [1.29, 1.82) is 0 Å². The topological polar surface area (TPSA) is 20.3 Å². The molecule has 2 rings (SSSR count). The average Bonchev–Trinajstić information content (AvgIpc) is 2.28. The van der Waals surface area contributed by atoms with Crippen molar-refractivity contribution in [1.82, 2.24) is 4.90 Å². The third-order valence-electron chi connectivity index (χ3n) is 3.06. The standard InChI is InChI=1S/C13H15BrFNO/c14-12-4-2-10(3-5-12)13(17)11-8-16(9-11)7-1-6-15/h2-5,11H,1,6-9H2. The van der Waals surface area contributed by atoms with Crippen LogP contribution >= 0.6 is 15.9 Å². The Morgan fingerprint density at radius 3 is 2.59 bits per heavy atom. The number of alkyl halides is 1. The lowest BCUT2D eigenvalue weighted by atomic mass is 9.90.